The fourth-order valence-corrected chi connectivity index (χ4v) is 2.73. The zero-order valence-electron chi connectivity index (χ0n) is 13.9. The Hall–Kier alpha value is -2.89. The largest absolute Gasteiger partial charge is 0.372 e. The summed E-state index contributed by atoms with van der Waals surface area (Å²) in [5, 5.41) is 11.0. The number of fused-ring (bicyclic) bond motifs is 1. The Morgan fingerprint density at radius 1 is 1.21 bits per heavy atom. The number of aromatic nitrogens is 3. The highest BCUT2D eigenvalue weighted by Crippen LogP contribution is 2.26. The molecule has 1 amide bonds. The first-order valence-corrected chi connectivity index (χ1v) is 8.14. The van der Waals surface area contributed by atoms with Crippen LogP contribution in [0.25, 0.3) is 10.9 Å². The van der Waals surface area contributed by atoms with Gasteiger partial charge in [0.25, 0.3) is 0 Å². The van der Waals surface area contributed by atoms with Crippen molar-refractivity contribution in [1.82, 2.24) is 15.2 Å². The molecule has 2 aromatic heterocycles. The Kier molecular flexibility index (Phi) is 4.74. The quantitative estimate of drug-likeness (QED) is 0.731. The van der Waals surface area contributed by atoms with Crippen LogP contribution >= 0.6 is 0 Å². The summed E-state index contributed by atoms with van der Waals surface area (Å²) in [7, 11) is 0. The van der Waals surface area contributed by atoms with Crippen LogP contribution in [0.1, 0.15) is 19.5 Å². The highest BCUT2D eigenvalue weighted by Gasteiger charge is 2.12. The van der Waals surface area contributed by atoms with E-state index in [4.69, 9.17) is 0 Å². The molecule has 3 rings (SSSR count). The SMILES string of the molecule is CCN(CC)c1ccc2[nH]nc(NC(=O)Cc3ccccn3)c2c1. The zero-order chi connectivity index (χ0) is 16.9. The van der Waals surface area contributed by atoms with Crippen molar-refractivity contribution in [3.05, 3.63) is 48.3 Å². The lowest BCUT2D eigenvalue weighted by atomic mass is 10.2. The minimum Gasteiger partial charge on any atom is -0.372 e. The monoisotopic (exact) mass is 323 g/mol. The van der Waals surface area contributed by atoms with E-state index in [2.05, 4.69) is 51.4 Å². The number of nitrogens with one attached hydrogen (secondary N) is 2. The predicted octanol–water partition coefficient (Wildman–Crippen LogP) is 2.99. The van der Waals surface area contributed by atoms with Crippen molar-refractivity contribution in [1.29, 1.82) is 0 Å². The molecule has 2 heterocycles. The van der Waals surface area contributed by atoms with E-state index in [1.807, 2.05) is 24.3 Å². The third-order valence-electron chi connectivity index (χ3n) is 4.00. The van der Waals surface area contributed by atoms with Crippen molar-refractivity contribution in [2.75, 3.05) is 23.3 Å². The van der Waals surface area contributed by atoms with Gasteiger partial charge in [-0.15, -0.1) is 0 Å². The zero-order valence-corrected chi connectivity index (χ0v) is 13.9. The Balaban J connectivity index is 1.81. The first kappa shape index (κ1) is 16.0. The van der Waals surface area contributed by atoms with Crippen molar-refractivity contribution in [3.8, 4) is 0 Å². The molecule has 6 heteroatoms. The van der Waals surface area contributed by atoms with Crippen LogP contribution in [0.2, 0.25) is 0 Å². The molecule has 0 spiro atoms. The number of rotatable bonds is 6. The number of hydrogen-bond donors (Lipinski definition) is 2. The van der Waals surface area contributed by atoms with Crippen LogP contribution in [0.5, 0.6) is 0 Å². The number of H-pyrrole nitrogens is 1. The number of pyridine rings is 1. The van der Waals surface area contributed by atoms with Gasteiger partial charge in [-0.25, -0.2) is 0 Å². The van der Waals surface area contributed by atoms with Gasteiger partial charge in [0, 0.05) is 36.1 Å². The summed E-state index contributed by atoms with van der Waals surface area (Å²) < 4.78 is 0. The summed E-state index contributed by atoms with van der Waals surface area (Å²) in [4.78, 5) is 18.7. The van der Waals surface area contributed by atoms with Crippen LogP contribution in [0.15, 0.2) is 42.6 Å². The lowest BCUT2D eigenvalue weighted by molar-refractivity contribution is -0.115. The first-order valence-electron chi connectivity index (χ1n) is 8.14. The van der Waals surface area contributed by atoms with E-state index in [9.17, 15) is 4.79 Å². The van der Waals surface area contributed by atoms with Gasteiger partial charge < -0.3 is 10.2 Å². The molecule has 0 unspecified atom stereocenters. The van der Waals surface area contributed by atoms with E-state index in [0.717, 1.165) is 35.4 Å². The second-order valence-electron chi connectivity index (χ2n) is 5.52. The fourth-order valence-electron chi connectivity index (χ4n) is 2.73. The van der Waals surface area contributed by atoms with Crippen LogP contribution < -0.4 is 10.2 Å². The second-order valence-corrected chi connectivity index (χ2v) is 5.52. The van der Waals surface area contributed by atoms with Gasteiger partial charge in [-0.3, -0.25) is 14.9 Å². The van der Waals surface area contributed by atoms with E-state index in [-0.39, 0.29) is 12.3 Å². The summed E-state index contributed by atoms with van der Waals surface area (Å²) in [5.41, 5.74) is 2.76. The third-order valence-corrected chi connectivity index (χ3v) is 4.00. The van der Waals surface area contributed by atoms with Crippen molar-refractivity contribution in [2.45, 2.75) is 20.3 Å². The molecule has 3 aromatic rings. The second kappa shape index (κ2) is 7.12. The maximum absolute atomic E-state index is 12.2. The van der Waals surface area contributed by atoms with Crippen LogP contribution in [0.3, 0.4) is 0 Å². The Morgan fingerprint density at radius 2 is 2.04 bits per heavy atom. The predicted molar refractivity (Wildman–Crippen MR) is 96.2 cm³/mol. The molecule has 0 bridgehead atoms. The summed E-state index contributed by atoms with van der Waals surface area (Å²) in [5.74, 6) is 0.426. The Labute approximate surface area is 140 Å². The lowest BCUT2D eigenvalue weighted by Crippen LogP contribution is -2.21. The third kappa shape index (κ3) is 3.37. The summed E-state index contributed by atoms with van der Waals surface area (Å²) in [6.07, 6.45) is 1.91. The maximum atomic E-state index is 12.2. The van der Waals surface area contributed by atoms with Crippen LogP contribution in [0, 0.1) is 0 Å². The molecule has 0 atom stereocenters. The van der Waals surface area contributed by atoms with Crippen LogP contribution in [-0.4, -0.2) is 34.2 Å². The number of hydrogen-bond acceptors (Lipinski definition) is 4. The number of benzene rings is 1. The van der Waals surface area contributed by atoms with Gasteiger partial charge in [0.1, 0.15) is 0 Å². The van der Waals surface area contributed by atoms with Gasteiger partial charge in [0.15, 0.2) is 5.82 Å². The molecule has 1 aromatic carbocycles. The molecule has 0 aliphatic heterocycles. The molecule has 0 saturated carbocycles. The number of anilines is 2. The van der Waals surface area contributed by atoms with Gasteiger partial charge in [0.05, 0.1) is 11.9 Å². The minimum atomic E-state index is -0.129. The molecular formula is C18H21N5O. The molecule has 6 nitrogen and oxygen atoms in total. The number of nitrogens with zero attached hydrogens (tertiary/aromatic N) is 3. The average Bonchev–Trinajstić information content (AvgIpc) is 2.99. The van der Waals surface area contributed by atoms with Crippen molar-refractivity contribution in [3.63, 3.8) is 0 Å². The molecule has 0 radical (unpaired) electrons. The number of amides is 1. The van der Waals surface area contributed by atoms with Gasteiger partial charge in [-0.2, -0.15) is 5.10 Å². The van der Waals surface area contributed by atoms with Crippen molar-refractivity contribution < 1.29 is 4.79 Å². The number of aromatic amines is 1. The lowest BCUT2D eigenvalue weighted by Gasteiger charge is -2.20. The van der Waals surface area contributed by atoms with Crippen molar-refractivity contribution >= 4 is 28.3 Å². The molecule has 2 N–H and O–H groups in total. The van der Waals surface area contributed by atoms with Crippen LogP contribution in [0.4, 0.5) is 11.5 Å². The van der Waals surface area contributed by atoms with E-state index >= 15 is 0 Å². The number of carbonyl (C=O) groups excluding carboxylic acids is 1. The van der Waals surface area contributed by atoms with E-state index in [1.165, 1.54) is 0 Å². The average molecular weight is 323 g/mol. The smallest absolute Gasteiger partial charge is 0.231 e. The van der Waals surface area contributed by atoms with E-state index < -0.39 is 0 Å². The summed E-state index contributed by atoms with van der Waals surface area (Å²) >= 11 is 0. The highest BCUT2D eigenvalue weighted by atomic mass is 16.1. The molecule has 124 valence electrons. The topological polar surface area (TPSA) is 73.9 Å². The molecule has 0 aliphatic rings. The molecule has 24 heavy (non-hydrogen) atoms. The van der Waals surface area contributed by atoms with Gasteiger partial charge in [-0.1, -0.05) is 6.07 Å². The minimum absolute atomic E-state index is 0.129. The standard InChI is InChI=1S/C18H21N5O/c1-3-23(4-2)14-8-9-16-15(12-14)18(22-21-16)20-17(24)11-13-7-5-6-10-19-13/h5-10,12H,3-4,11H2,1-2H3,(H2,20,21,22,24). The Morgan fingerprint density at radius 3 is 2.75 bits per heavy atom. The molecule has 0 saturated heterocycles. The molecule has 0 aliphatic carbocycles. The summed E-state index contributed by atoms with van der Waals surface area (Å²) in [6.45, 7) is 6.11. The highest BCUT2D eigenvalue weighted by molar-refractivity contribution is 6.01. The maximum Gasteiger partial charge on any atom is 0.231 e. The van der Waals surface area contributed by atoms with Crippen molar-refractivity contribution in [2.24, 2.45) is 0 Å². The Bertz CT molecular complexity index is 824. The van der Waals surface area contributed by atoms with Gasteiger partial charge in [0.2, 0.25) is 5.91 Å². The number of carbonyl (C=O) groups is 1. The van der Waals surface area contributed by atoms with E-state index in [1.54, 1.807) is 6.20 Å². The summed E-state index contributed by atoms with van der Waals surface area (Å²) in [6, 6.07) is 11.6. The first-order chi connectivity index (χ1) is 11.7. The van der Waals surface area contributed by atoms with E-state index in [0.29, 0.717) is 5.82 Å². The van der Waals surface area contributed by atoms with Gasteiger partial charge in [-0.05, 0) is 44.2 Å². The molecule has 0 fully saturated rings. The van der Waals surface area contributed by atoms with Gasteiger partial charge >= 0.3 is 0 Å². The van der Waals surface area contributed by atoms with Crippen LogP contribution in [-0.2, 0) is 11.2 Å². The molecular weight excluding hydrogens is 302 g/mol. The normalized spacial score (nSPS) is 10.8. The fraction of sp³-hybridized carbons (Fsp3) is 0.278.